The minimum absolute atomic E-state index is 0.262. The molecule has 0 N–H and O–H groups in total. The molecule has 0 saturated heterocycles. The number of hydrogen-bond donors (Lipinski definition) is 0. The predicted molar refractivity (Wildman–Crippen MR) is 65.4 cm³/mol. The molecule has 14 heavy (non-hydrogen) atoms. The van der Waals surface area contributed by atoms with E-state index in [1.807, 2.05) is 17.5 Å². The highest BCUT2D eigenvalue weighted by atomic mass is 32.2. The minimum atomic E-state index is 0.262. The fraction of sp³-hybridized carbons (Fsp3) is 0.545. The van der Waals surface area contributed by atoms with Crippen LogP contribution in [0.3, 0.4) is 0 Å². The zero-order valence-corrected chi connectivity index (χ0v) is 10.5. The summed E-state index contributed by atoms with van der Waals surface area (Å²) in [7, 11) is 0. The van der Waals surface area contributed by atoms with Crippen LogP contribution < -0.4 is 0 Å². The lowest BCUT2D eigenvalue weighted by Crippen LogP contribution is -2.10. The first-order chi connectivity index (χ1) is 6.61. The van der Waals surface area contributed by atoms with Gasteiger partial charge in [0, 0.05) is 5.25 Å². The molecule has 0 aliphatic rings. The van der Waals surface area contributed by atoms with Gasteiger partial charge in [0.05, 0.1) is 10.6 Å². The number of thioether (sulfide) groups is 1. The number of Topliss-reactive ketones (excluding diaryl/α,β-unsaturated/α-hetero) is 1. The molecule has 3 heteroatoms. The predicted octanol–water partition coefficient (Wildman–Crippen LogP) is 3.71. The molecule has 0 saturated carbocycles. The summed E-state index contributed by atoms with van der Waals surface area (Å²) in [5, 5.41) is 2.50. The fourth-order valence-corrected chi connectivity index (χ4v) is 2.62. The third-order valence-corrected chi connectivity index (χ3v) is 4.62. The number of hydrogen-bond acceptors (Lipinski definition) is 3. The van der Waals surface area contributed by atoms with E-state index in [-0.39, 0.29) is 5.78 Å². The Balaban J connectivity index is 2.36. The summed E-state index contributed by atoms with van der Waals surface area (Å²) in [5.41, 5.74) is 0. The summed E-state index contributed by atoms with van der Waals surface area (Å²) in [6.07, 6.45) is 0. The van der Waals surface area contributed by atoms with Crippen molar-refractivity contribution in [2.75, 3.05) is 5.75 Å². The highest BCUT2D eigenvalue weighted by Gasteiger charge is 2.12. The van der Waals surface area contributed by atoms with Gasteiger partial charge in [-0.15, -0.1) is 11.3 Å². The summed E-state index contributed by atoms with van der Waals surface area (Å²) < 4.78 is 0. The Morgan fingerprint density at radius 3 is 2.71 bits per heavy atom. The van der Waals surface area contributed by atoms with E-state index in [4.69, 9.17) is 0 Å². The average molecular weight is 228 g/mol. The zero-order chi connectivity index (χ0) is 10.6. The van der Waals surface area contributed by atoms with Crippen LogP contribution in [0.15, 0.2) is 17.5 Å². The van der Waals surface area contributed by atoms with Gasteiger partial charge in [-0.05, 0) is 17.4 Å². The molecule has 78 valence electrons. The quantitative estimate of drug-likeness (QED) is 0.715. The maximum atomic E-state index is 11.6. The number of rotatable bonds is 5. The van der Waals surface area contributed by atoms with Gasteiger partial charge in [0.1, 0.15) is 0 Å². The Morgan fingerprint density at radius 2 is 2.21 bits per heavy atom. The number of carbonyl (C=O) groups excluding carboxylic acids is 1. The van der Waals surface area contributed by atoms with Gasteiger partial charge in [0.25, 0.3) is 0 Å². The molecule has 0 spiro atoms. The van der Waals surface area contributed by atoms with Crippen LogP contribution in [0.5, 0.6) is 0 Å². The normalized spacial score (nSPS) is 13.1. The summed E-state index contributed by atoms with van der Waals surface area (Å²) in [6, 6.07) is 3.82. The van der Waals surface area contributed by atoms with Crippen molar-refractivity contribution >= 4 is 28.9 Å². The second-order valence-electron chi connectivity index (χ2n) is 3.66. The molecule has 1 heterocycles. The lowest BCUT2D eigenvalue weighted by atomic mass is 10.2. The summed E-state index contributed by atoms with van der Waals surface area (Å²) in [6.45, 7) is 6.55. The van der Waals surface area contributed by atoms with Gasteiger partial charge in [-0.1, -0.05) is 26.8 Å². The Morgan fingerprint density at radius 1 is 1.50 bits per heavy atom. The average Bonchev–Trinajstić information content (AvgIpc) is 2.66. The third kappa shape index (κ3) is 3.46. The van der Waals surface area contributed by atoms with Crippen LogP contribution in [-0.4, -0.2) is 16.8 Å². The molecule has 0 bridgehead atoms. The SMILES string of the molecule is CC(C)C(C)SCC(=O)c1cccs1. The third-order valence-electron chi connectivity index (χ3n) is 2.21. The first kappa shape index (κ1) is 11.8. The van der Waals surface area contributed by atoms with Crippen molar-refractivity contribution in [3.05, 3.63) is 22.4 Å². The molecular formula is C11H16OS2. The molecule has 1 aromatic heterocycles. The molecule has 0 aliphatic carbocycles. The zero-order valence-electron chi connectivity index (χ0n) is 8.82. The van der Waals surface area contributed by atoms with Gasteiger partial charge in [0.15, 0.2) is 5.78 Å². The number of thiophene rings is 1. The molecule has 0 amide bonds. The molecule has 1 rings (SSSR count). The van der Waals surface area contributed by atoms with E-state index in [9.17, 15) is 4.79 Å². The van der Waals surface area contributed by atoms with Gasteiger partial charge in [-0.3, -0.25) is 4.79 Å². The van der Waals surface area contributed by atoms with Crippen molar-refractivity contribution in [2.45, 2.75) is 26.0 Å². The highest BCUT2D eigenvalue weighted by molar-refractivity contribution is 8.00. The maximum Gasteiger partial charge on any atom is 0.182 e. The van der Waals surface area contributed by atoms with E-state index in [0.29, 0.717) is 16.9 Å². The Kier molecular flexibility index (Phi) is 4.69. The molecule has 1 atom stereocenters. The maximum absolute atomic E-state index is 11.6. The van der Waals surface area contributed by atoms with Crippen molar-refractivity contribution in [1.29, 1.82) is 0 Å². The molecule has 1 aromatic rings. The standard InChI is InChI=1S/C11H16OS2/c1-8(2)9(3)14-7-10(12)11-5-4-6-13-11/h4-6,8-9H,7H2,1-3H3. The van der Waals surface area contributed by atoms with Crippen LogP contribution in [0, 0.1) is 5.92 Å². The van der Waals surface area contributed by atoms with Crippen LogP contribution >= 0.6 is 23.1 Å². The molecule has 1 unspecified atom stereocenters. The van der Waals surface area contributed by atoms with E-state index in [2.05, 4.69) is 20.8 Å². The van der Waals surface area contributed by atoms with Crippen LogP contribution in [0.25, 0.3) is 0 Å². The Hall–Kier alpha value is -0.280. The monoisotopic (exact) mass is 228 g/mol. The van der Waals surface area contributed by atoms with Gasteiger partial charge < -0.3 is 0 Å². The Labute approximate surface area is 93.9 Å². The highest BCUT2D eigenvalue weighted by Crippen LogP contribution is 2.20. The fourth-order valence-electron chi connectivity index (χ4n) is 0.908. The van der Waals surface area contributed by atoms with Crippen LogP contribution in [0.1, 0.15) is 30.4 Å². The molecule has 0 radical (unpaired) electrons. The molecule has 0 fully saturated rings. The number of ketones is 1. The van der Waals surface area contributed by atoms with Crippen LogP contribution in [0.4, 0.5) is 0 Å². The van der Waals surface area contributed by atoms with Crippen LogP contribution in [-0.2, 0) is 0 Å². The number of carbonyl (C=O) groups is 1. The van der Waals surface area contributed by atoms with Crippen LogP contribution in [0.2, 0.25) is 0 Å². The molecule has 1 nitrogen and oxygen atoms in total. The lowest BCUT2D eigenvalue weighted by molar-refractivity contribution is 0.102. The van der Waals surface area contributed by atoms with E-state index >= 15 is 0 Å². The van der Waals surface area contributed by atoms with Crippen molar-refractivity contribution in [1.82, 2.24) is 0 Å². The van der Waals surface area contributed by atoms with E-state index in [1.54, 1.807) is 11.8 Å². The summed E-state index contributed by atoms with van der Waals surface area (Å²) in [4.78, 5) is 12.5. The summed E-state index contributed by atoms with van der Waals surface area (Å²) in [5.74, 6) is 1.51. The molecule has 0 aliphatic heterocycles. The van der Waals surface area contributed by atoms with Gasteiger partial charge >= 0.3 is 0 Å². The van der Waals surface area contributed by atoms with Gasteiger partial charge in [-0.2, -0.15) is 11.8 Å². The van der Waals surface area contributed by atoms with Gasteiger partial charge in [-0.25, -0.2) is 0 Å². The molecular weight excluding hydrogens is 212 g/mol. The topological polar surface area (TPSA) is 17.1 Å². The van der Waals surface area contributed by atoms with Gasteiger partial charge in [0.2, 0.25) is 0 Å². The summed E-state index contributed by atoms with van der Waals surface area (Å²) >= 11 is 3.28. The lowest BCUT2D eigenvalue weighted by Gasteiger charge is -2.13. The Bertz CT molecular complexity index is 277. The van der Waals surface area contributed by atoms with Crippen molar-refractivity contribution in [3.8, 4) is 0 Å². The first-order valence-electron chi connectivity index (χ1n) is 4.79. The minimum Gasteiger partial charge on any atom is -0.292 e. The van der Waals surface area contributed by atoms with Crippen molar-refractivity contribution in [2.24, 2.45) is 5.92 Å². The second kappa shape index (κ2) is 5.56. The first-order valence-corrected chi connectivity index (χ1v) is 6.72. The van der Waals surface area contributed by atoms with E-state index < -0.39 is 0 Å². The second-order valence-corrected chi connectivity index (χ2v) is 5.97. The smallest absolute Gasteiger partial charge is 0.182 e. The van der Waals surface area contributed by atoms with E-state index in [1.165, 1.54) is 11.3 Å². The largest absolute Gasteiger partial charge is 0.292 e. The molecule has 0 aromatic carbocycles. The van der Waals surface area contributed by atoms with Crippen molar-refractivity contribution in [3.63, 3.8) is 0 Å². The van der Waals surface area contributed by atoms with Crippen molar-refractivity contribution < 1.29 is 4.79 Å². The van der Waals surface area contributed by atoms with E-state index in [0.717, 1.165) is 4.88 Å².